The van der Waals surface area contributed by atoms with Crippen molar-refractivity contribution in [1.29, 1.82) is 0 Å². The third-order valence-corrected chi connectivity index (χ3v) is 2.41. The fourth-order valence-corrected chi connectivity index (χ4v) is 1.47. The van der Waals surface area contributed by atoms with Crippen LogP contribution in [-0.2, 0) is 4.79 Å². The van der Waals surface area contributed by atoms with Crippen molar-refractivity contribution in [2.24, 2.45) is 5.73 Å². The Balaban J connectivity index is 2.76. The Morgan fingerprint density at radius 2 is 1.84 bits per heavy atom. The average Bonchev–Trinajstić information content (AvgIpc) is 2.37. The van der Waals surface area contributed by atoms with Crippen LogP contribution in [0.4, 0.5) is 10.5 Å². The molecule has 0 saturated carbocycles. The van der Waals surface area contributed by atoms with Gasteiger partial charge in [-0.15, -0.1) is 0 Å². The van der Waals surface area contributed by atoms with Gasteiger partial charge in [-0.25, -0.2) is 4.79 Å². The van der Waals surface area contributed by atoms with Crippen molar-refractivity contribution in [3.63, 3.8) is 0 Å². The van der Waals surface area contributed by atoms with E-state index in [2.05, 4.69) is 5.32 Å². The number of rotatable bonds is 5. The van der Waals surface area contributed by atoms with Gasteiger partial charge < -0.3 is 20.5 Å². The van der Waals surface area contributed by atoms with Gasteiger partial charge in [0.1, 0.15) is 6.04 Å². The lowest BCUT2D eigenvalue weighted by atomic mass is 10.2. The average molecular weight is 267 g/mol. The third-order valence-electron chi connectivity index (χ3n) is 2.41. The quantitative estimate of drug-likeness (QED) is 0.728. The summed E-state index contributed by atoms with van der Waals surface area (Å²) in [6, 6.07) is 3.62. The van der Waals surface area contributed by atoms with Gasteiger partial charge in [-0.3, -0.25) is 10.1 Å². The molecular formula is C12H17N3O4. The largest absolute Gasteiger partial charge is 0.493 e. The van der Waals surface area contributed by atoms with Crippen molar-refractivity contribution >= 4 is 17.6 Å². The summed E-state index contributed by atoms with van der Waals surface area (Å²) in [4.78, 5) is 22.1. The first-order chi connectivity index (χ1) is 8.97. The van der Waals surface area contributed by atoms with Gasteiger partial charge in [-0.1, -0.05) is 0 Å². The summed E-state index contributed by atoms with van der Waals surface area (Å²) in [5.41, 5.74) is 5.53. The molecule has 0 fully saturated rings. The van der Waals surface area contributed by atoms with Crippen LogP contribution in [0.25, 0.3) is 0 Å². The van der Waals surface area contributed by atoms with Crippen LogP contribution in [0.1, 0.15) is 6.92 Å². The van der Waals surface area contributed by atoms with E-state index in [0.29, 0.717) is 17.2 Å². The highest BCUT2D eigenvalue weighted by Crippen LogP contribution is 2.29. The molecule has 1 unspecified atom stereocenters. The van der Waals surface area contributed by atoms with E-state index in [-0.39, 0.29) is 0 Å². The Labute approximate surface area is 111 Å². The van der Waals surface area contributed by atoms with Crippen LogP contribution in [0.15, 0.2) is 18.2 Å². The van der Waals surface area contributed by atoms with Gasteiger partial charge in [-0.05, 0) is 19.1 Å². The maximum Gasteiger partial charge on any atom is 0.318 e. The molecule has 0 aliphatic rings. The molecule has 104 valence electrons. The Morgan fingerprint density at radius 3 is 2.37 bits per heavy atom. The second kappa shape index (κ2) is 6.48. The molecule has 0 spiro atoms. The lowest BCUT2D eigenvalue weighted by Gasteiger charge is -2.15. The molecule has 1 rings (SSSR count). The minimum atomic E-state index is -0.883. The predicted molar refractivity (Wildman–Crippen MR) is 70.4 cm³/mol. The van der Waals surface area contributed by atoms with Gasteiger partial charge in [0.2, 0.25) is 5.91 Å². The zero-order chi connectivity index (χ0) is 14.4. The second-order valence-corrected chi connectivity index (χ2v) is 3.79. The van der Waals surface area contributed by atoms with Crippen molar-refractivity contribution in [1.82, 2.24) is 5.32 Å². The molecule has 0 aliphatic heterocycles. The Hall–Kier alpha value is -2.44. The molecule has 1 aromatic carbocycles. The number of hydrogen-bond donors (Lipinski definition) is 3. The number of urea groups is 1. The number of carbonyl (C=O) groups is 2. The van der Waals surface area contributed by atoms with Gasteiger partial charge in [0.25, 0.3) is 0 Å². The van der Waals surface area contributed by atoms with Gasteiger partial charge in [0.05, 0.1) is 14.2 Å². The Kier molecular flexibility index (Phi) is 4.99. The van der Waals surface area contributed by atoms with Crippen LogP contribution >= 0.6 is 0 Å². The first-order valence-electron chi connectivity index (χ1n) is 5.56. The number of nitrogens with two attached hydrogens (primary N) is 1. The lowest BCUT2D eigenvalue weighted by molar-refractivity contribution is -0.120. The molecule has 0 radical (unpaired) electrons. The number of anilines is 1. The summed E-state index contributed by atoms with van der Waals surface area (Å²) in [6.45, 7) is 1.61. The number of primary amides is 1. The number of hydrogen-bond acceptors (Lipinski definition) is 5. The van der Waals surface area contributed by atoms with Crippen LogP contribution in [0.2, 0.25) is 0 Å². The summed E-state index contributed by atoms with van der Waals surface area (Å²) in [7, 11) is 3.05. The van der Waals surface area contributed by atoms with E-state index in [9.17, 15) is 9.59 Å². The fourth-order valence-electron chi connectivity index (χ4n) is 1.47. The van der Waals surface area contributed by atoms with Crippen LogP contribution in [-0.4, -0.2) is 32.2 Å². The molecule has 0 bridgehead atoms. The first-order valence-corrected chi connectivity index (χ1v) is 5.56. The smallest absolute Gasteiger partial charge is 0.318 e. The number of ether oxygens (including phenoxy) is 2. The number of amides is 3. The summed E-state index contributed by atoms with van der Waals surface area (Å²) in [5.74, 6) is 0.611. The molecule has 3 amide bonds. The van der Waals surface area contributed by atoms with Crippen LogP contribution in [0, 0.1) is 0 Å². The number of imide groups is 1. The molecule has 0 heterocycles. The fraction of sp³-hybridized carbons (Fsp3) is 0.333. The van der Waals surface area contributed by atoms with Gasteiger partial charge in [0, 0.05) is 11.8 Å². The van der Waals surface area contributed by atoms with Crippen molar-refractivity contribution < 1.29 is 19.1 Å². The van der Waals surface area contributed by atoms with E-state index < -0.39 is 18.0 Å². The molecule has 0 aromatic heterocycles. The Morgan fingerprint density at radius 1 is 1.21 bits per heavy atom. The second-order valence-electron chi connectivity index (χ2n) is 3.79. The summed E-state index contributed by atoms with van der Waals surface area (Å²) in [5, 5.41) is 4.91. The highest BCUT2D eigenvalue weighted by Gasteiger charge is 2.15. The molecule has 7 nitrogen and oxygen atoms in total. The summed E-state index contributed by atoms with van der Waals surface area (Å²) < 4.78 is 10.2. The third kappa shape index (κ3) is 4.06. The molecule has 0 aliphatic carbocycles. The standard InChI is InChI=1S/C12H17N3O4/c1-7(11(16)15-12(13)17)14-8-4-5-9(18-2)10(6-8)19-3/h4-7,14H,1-3H3,(H3,13,15,16,17). The molecule has 7 heteroatoms. The van der Waals surface area contributed by atoms with Crippen LogP contribution in [0.3, 0.4) is 0 Å². The molecule has 0 saturated heterocycles. The maximum atomic E-state index is 11.5. The van der Waals surface area contributed by atoms with E-state index in [0.717, 1.165) is 0 Å². The molecule has 1 aromatic rings. The van der Waals surface area contributed by atoms with Crippen molar-refractivity contribution in [2.75, 3.05) is 19.5 Å². The highest BCUT2D eigenvalue weighted by atomic mass is 16.5. The Bertz CT molecular complexity index is 476. The van der Waals surface area contributed by atoms with Crippen molar-refractivity contribution in [3.8, 4) is 11.5 Å². The number of carbonyl (C=O) groups excluding carboxylic acids is 2. The van der Waals surface area contributed by atoms with E-state index in [1.165, 1.54) is 14.2 Å². The lowest BCUT2D eigenvalue weighted by Crippen LogP contribution is -2.43. The zero-order valence-corrected chi connectivity index (χ0v) is 11.0. The number of benzene rings is 1. The van der Waals surface area contributed by atoms with Gasteiger partial charge in [-0.2, -0.15) is 0 Å². The normalized spacial score (nSPS) is 11.3. The summed E-state index contributed by atoms with van der Waals surface area (Å²) >= 11 is 0. The highest BCUT2D eigenvalue weighted by molar-refractivity contribution is 5.97. The van der Waals surface area contributed by atoms with Crippen molar-refractivity contribution in [3.05, 3.63) is 18.2 Å². The van der Waals surface area contributed by atoms with Crippen LogP contribution in [0.5, 0.6) is 11.5 Å². The molecule has 4 N–H and O–H groups in total. The zero-order valence-electron chi connectivity index (χ0n) is 11.0. The van der Waals surface area contributed by atoms with E-state index in [1.54, 1.807) is 25.1 Å². The molecule has 1 atom stereocenters. The van der Waals surface area contributed by atoms with E-state index >= 15 is 0 Å². The first kappa shape index (κ1) is 14.6. The van der Waals surface area contributed by atoms with E-state index in [1.807, 2.05) is 5.32 Å². The SMILES string of the molecule is COc1ccc(NC(C)C(=O)NC(N)=O)cc1OC. The topological polar surface area (TPSA) is 103 Å². The van der Waals surface area contributed by atoms with E-state index in [4.69, 9.17) is 15.2 Å². The summed E-state index contributed by atoms with van der Waals surface area (Å²) in [6.07, 6.45) is 0. The maximum absolute atomic E-state index is 11.5. The minimum absolute atomic E-state index is 0.512. The predicted octanol–water partition coefficient (Wildman–Crippen LogP) is 0.699. The van der Waals surface area contributed by atoms with Gasteiger partial charge in [0.15, 0.2) is 11.5 Å². The van der Waals surface area contributed by atoms with Gasteiger partial charge >= 0.3 is 6.03 Å². The molecular weight excluding hydrogens is 250 g/mol. The minimum Gasteiger partial charge on any atom is -0.493 e. The monoisotopic (exact) mass is 267 g/mol. The van der Waals surface area contributed by atoms with Crippen LogP contribution < -0.4 is 25.8 Å². The van der Waals surface area contributed by atoms with Crippen molar-refractivity contribution in [2.45, 2.75) is 13.0 Å². The molecule has 19 heavy (non-hydrogen) atoms. The number of nitrogens with one attached hydrogen (secondary N) is 2. The number of methoxy groups -OCH3 is 2.